The topological polar surface area (TPSA) is 35.0 Å². The lowest BCUT2D eigenvalue weighted by Gasteiger charge is -2.07. The zero-order valence-corrected chi connectivity index (χ0v) is 11.0. The predicted octanol–water partition coefficient (Wildman–Crippen LogP) is 4.18. The molecule has 0 unspecified atom stereocenters. The van der Waals surface area contributed by atoms with E-state index in [-0.39, 0.29) is 0 Å². The molecule has 4 heteroatoms. The number of halogens is 1. The highest BCUT2D eigenvalue weighted by molar-refractivity contribution is 9.10. The van der Waals surface area contributed by atoms with Gasteiger partial charge in [-0.25, -0.2) is 0 Å². The van der Waals surface area contributed by atoms with Gasteiger partial charge in [-0.15, -0.1) is 10.2 Å². The first-order chi connectivity index (χ1) is 8.84. The van der Waals surface area contributed by atoms with Crippen LogP contribution in [-0.4, -0.2) is 10.2 Å². The number of hydrogen-bond donors (Lipinski definition) is 0. The molecule has 2 aromatic carbocycles. The van der Waals surface area contributed by atoms with Crippen molar-refractivity contribution in [3.05, 3.63) is 59.2 Å². The van der Waals surface area contributed by atoms with Crippen LogP contribution in [0.1, 0.15) is 0 Å². The monoisotopic (exact) mass is 300 g/mol. The Morgan fingerprint density at radius 1 is 0.778 bits per heavy atom. The summed E-state index contributed by atoms with van der Waals surface area (Å²) in [5.74, 6) is 1.26. The van der Waals surface area contributed by atoms with Crippen LogP contribution in [0.2, 0.25) is 0 Å². The van der Waals surface area contributed by atoms with E-state index in [0.29, 0.717) is 5.88 Å². The quantitative estimate of drug-likeness (QED) is 0.712. The Balaban J connectivity index is 2.10. The maximum absolute atomic E-state index is 5.75. The van der Waals surface area contributed by atoms with Crippen LogP contribution >= 0.6 is 15.9 Å². The summed E-state index contributed by atoms with van der Waals surface area (Å²) in [5.41, 5.74) is 0. The Bertz CT molecular complexity index is 686. The van der Waals surface area contributed by atoms with Crippen molar-refractivity contribution in [2.24, 2.45) is 0 Å². The van der Waals surface area contributed by atoms with Gasteiger partial charge in [0.25, 0.3) is 0 Å². The van der Waals surface area contributed by atoms with E-state index in [4.69, 9.17) is 4.74 Å². The van der Waals surface area contributed by atoms with Crippen molar-refractivity contribution >= 4 is 26.7 Å². The van der Waals surface area contributed by atoms with Crippen molar-refractivity contribution in [1.29, 1.82) is 0 Å². The summed E-state index contributed by atoms with van der Waals surface area (Å²) in [6.07, 6.45) is 0. The molecule has 1 aromatic heterocycles. The third kappa shape index (κ3) is 2.07. The Labute approximate surface area is 113 Å². The van der Waals surface area contributed by atoms with Crippen molar-refractivity contribution in [2.45, 2.75) is 0 Å². The first kappa shape index (κ1) is 11.2. The molecule has 0 spiro atoms. The van der Waals surface area contributed by atoms with Gasteiger partial charge < -0.3 is 4.74 Å². The van der Waals surface area contributed by atoms with Crippen LogP contribution in [-0.2, 0) is 0 Å². The van der Waals surface area contributed by atoms with E-state index < -0.39 is 0 Å². The van der Waals surface area contributed by atoms with Gasteiger partial charge in [0, 0.05) is 10.8 Å². The highest BCUT2D eigenvalue weighted by Gasteiger charge is 2.08. The van der Waals surface area contributed by atoms with E-state index in [1.54, 1.807) is 0 Å². The maximum Gasteiger partial charge on any atom is 0.246 e. The van der Waals surface area contributed by atoms with Gasteiger partial charge in [0.1, 0.15) is 10.4 Å². The highest BCUT2D eigenvalue weighted by Crippen LogP contribution is 2.30. The first-order valence-corrected chi connectivity index (χ1v) is 6.28. The molecule has 88 valence electrons. The highest BCUT2D eigenvalue weighted by atomic mass is 79.9. The number of nitrogens with zero attached hydrogens (tertiary/aromatic N) is 2. The van der Waals surface area contributed by atoms with Gasteiger partial charge in [0.05, 0.1) is 0 Å². The fraction of sp³-hybridized carbons (Fsp3) is 0. The minimum atomic E-state index is 0.514. The van der Waals surface area contributed by atoms with E-state index in [2.05, 4.69) is 26.1 Å². The Kier molecular flexibility index (Phi) is 2.94. The van der Waals surface area contributed by atoms with Crippen molar-refractivity contribution in [1.82, 2.24) is 10.2 Å². The lowest BCUT2D eigenvalue weighted by molar-refractivity contribution is 0.461. The van der Waals surface area contributed by atoms with Crippen LogP contribution in [0.25, 0.3) is 10.8 Å². The number of ether oxygens (including phenoxy) is 1. The summed E-state index contributed by atoms with van der Waals surface area (Å²) < 4.78 is 6.47. The summed E-state index contributed by atoms with van der Waals surface area (Å²) in [4.78, 5) is 0. The summed E-state index contributed by atoms with van der Waals surface area (Å²) in [6.45, 7) is 0. The zero-order valence-electron chi connectivity index (χ0n) is 9.38. The Hall–Kier alpha value is -1.94. The molecule has 0 fully saturated rings. The van der Waals surface area contributed by atoms with E-state index in [9.17, 15) is 0 Å². The average Bonchev–Trinajstić information content (AvgIpc) is 2.44. The van der Waals surface area contributed by atoms with Gasteiger partial charge in [-0.1, -0.05) is 36.4 Å². The second-order valence-corrected chi connectivity index (χ2v) is 4.51. The van der Waals surface area contributed by atoms with E-state index in [1.165, 1.54) is 0 Å². The molecule has 0 amide bonds. The number of fused-ring (bicyclic) bond motifs is 1. The van der Waals surface area contributed by atoms with Gasteiger partial charge in [-0.3, -0.25) is 0 Å². The Morgan fingerprint density at radius 2 is 1.44 bits per heavy atom. The number of rotatable bonds is 2. The molecule has 0 aliphatic rings. The third-order valence-electron chi connectivity index (χ3n) is 2.57. The molecule has 0 atom stereocenters. The van der Waals surface area contributed by atoms with Gasteiger partial charge >= 0.3 is 0 Å². The number of para-hydroxylation sites is 1. The van der Waals surface area contributed by atoms with Crippen LogP contribution in [0, 0.1) is 0 Å². The lowest BCUT2D eigenvalue weighted by atomic mass is 10.2. The van der Waals surface area contributed by atoms with Crippen molar-refractivity contribution in [3.63, 3.8) is 0 Å². The molecule has 0 bridgehead atoms. The summed E-state index contributed by atoms with van der Waals surface area (Å²) in [7, 11) is 0. The summed E-state index contributed by atoms with van der Waals surface area (Å²) in [6, 6.07) is 17.4. The van der Waals surface area contributed by atoms with Crippen LogP contribution in [0.3, 0.4) is 0 Å². The smallest absolute Gasteiger partial charge is 0.246 e. The van der Waals surface area contributed by atoms with Crippen molar-refractivity contribution in [2.75, 3.05) is 0 Å². The summed E-state index contributed by atoms with van der Waals surface area (Å²) in [5, 5.41) is 10.0. The molecule has 0 radical (unpaired) electrons. The molecule has 1 heterocycles. The van der Waals surface area contributed by atoms with Crippen LogP contribution in [0.5, 0.6) is 11.6 Å². The van der Waals surface area contributed by atoms with Gasteiger partial charge in [-0.05, 0) is 34.1 Å². The molecule has 18 heavy (non-hydrogen) atoms. The van der Waals surface area contributed by atoms with E-state index in [0.717, 1.165) is 21.1 Å². The largest absolute Gasteiger partial charge is 0.437 e. The predicted molar refractivity (Wildman–Crippen MR) is 73.8 cm³/mol. The molecule has 0 saturated heterocycles. The van der Waals surface area contributed by atoms with Gasteiger partial charge in [0.15, 0.2) is 0 Å². The van der Waals surface area contributed by atoms with Crippen LogP contribution < -0.4 is 4.74 Å². The second-order valence-electron chi connectivity index (χ2n) is 3.76. The number of hydrogen-bond acceptors (Lipinski definition) is 3. The minimum Gasteiger partial charge on any atom is -0.437 e. The second kappa shape index (κ2) is 4.74. The maximum atomic E-state index is 5.75. The fourth-order valence-corrected chi connectivity index (χ4v) is 2.15. The zero-order chi connectivity index (χ0) is 12.4. The first-order valence-electron chi connectivity index (χ1n) is 5.48. The van der Waals surface area contributed by atoms with Gasteiger partial charge in [-0.2, -0.15) is 0 Å². The van der Waals surface area contributed by atoms with E-state index in [1.807, 2.05) is 54.6 Å². The molecule has 3 rings (SSSR count). The van der Waals surface area contributed by atoms with Gasteiger partial charge in [0.2, 0.25) is 5.88 Å². The molecule has 3 nitrogen and oxygen atoms in total. The minimum absolute atomic E-state index is 0.514. The molecular formula is C14H9BrN2O. The fourth-order valence-electron chi connectivity index (χ4n) is 1.72. The molecule has 3 aromatic rings. The standard InChI is InChI=1S/C14H9BrN2O/c15-13-11-8-4-5-9-12(11)14(17-16-13)18-10-6-2-1-3-7-10/h1-9H. The molecule has 0 aliphatic heterocycles. The number of aromatic nitrogens is 2. The van der Waals surface area contributed by atoms with E-state index >= 15 is 0 Å². The van der Waals surface area contributed by atoms with Crippen LogP contribution in [0.15, 0.2) is 59.2 Å². The molecular weight excluding hydrogens is 292 g/mol. The van der Waals surface area contributed by atoms with Crippen molar-refractivity contribution in [3.8, 4) is 11.6 Å². The molecule has 0 aliphatic carbocycles. The SMILES string of the molecule is Brc1nnc(Oc2ccccc2)c2ccccc12. The third-order valence-corrected chi connectivity index (χ3v) is 3.15. The normalized spacial score (nSPS) is 10.5. The number of benzene rings is 2. The molecule has 0 N–H and O–H groups in total. The average molecular weight is 301 g/mol. The molecule has 0 saturated carbocycles. The van der Waals surface area contributed by atoms with Crippen molar-refractivity contribution < 1.29 is 4.74 Å². The Morgan fingerprint density at radius 3 is 2.22 bits per heavy atom. The van der Waals surface area contributed by atoms with Crippen LogP contribution in [0.4, 0.5) is 0 Å². The lowest BCUT2D eigenvalue weighted by Crippen LogP contribution is -1.93. The summed E-state index contributed by atoms with van der Waals surface area (Å²) >= 11 is 3.39.